The fraction of sp³-hybridized carbons (Fsp3) is 0.0625. The summed E-state index contributed by atoms with van der Waals surface area (Å²) >= 11 is 3.26. The maximum absolute atomic E-state index is 12.4. The normalized spacial score (nSPS) is 12.1. The van der Waals surface area contributed by atoms with E-state index in [1.807, 2.05) is 0 Å². The van der Waals surface area contributed by atoms with Gasteiger partial charge in [-0.05, 0) is 30.3 Å². The van der Waals surface area contributed by atoms with Gasteiger partial charge in [0, 0.05) is 28.8 Å². The minimum Gasteiger partial charge on any atom is -0.404 e. The van der Waals surface area contributed by atoms with Crippen molar-refractivity contribution < 1.29 is 13.2 Å². The number of nitrogens with zero attached hydrogens (tertiary/aromatic N) is 2. The van der Waals surface area contributed by atoms with Crippen LogP contribution in [0.4, 0.5) is 22.9 Å². The highest BCUT2D eigenvalue weighted by molar-refractivity contribution is 9.10. The van der Waals surface area contributed by atoms with Gasteiger partial charge in [0.15, 0.2) is 5.82 Å². The predicted molar refractivity (Wildman–Crippen MR) is 110 cm³/mol. The Kier molecular flexibility index (Phi) is 6.53. The number of nitrogen functional groups attached to an aromatic ring is 1. The summed E-state index contributed by atoms with van der Waals surface area (Å²) in [6.45, 7) is 0. The molecule has 1 aromatic heterocycles. The van der Waals surface area contributed by atoms with Gasteiger partial charge in [0.25, 0.3) is 5.91 Å². The molecule has 27 heavy (non-hydrogen) atoms. The zero-order valence-electron chi connectivity index (χ0n) is 14.2. The molecule has 1 amide bonds. The summed E-state index contributed by atoms with van der Waals surface area (Å²) in [6, 6.07) is 7.92. The Balaban J connectivity index is 2.19. The van der Waals surface area contributed by atoms with Crippen molar-refractivity contribution in [2.24, 2.45) is 10.7 Å². The van der Waals surface area contributed by atoms with Gasteiger partial charge >= 0.3 is 0 Å². The van der Waals surface area contributed by atoms with E-state index >= 15 is 0 Å². The number of anilines is 3. The zero-order chi connectivity index (χ0) is 20.0. The van der Waals surface area contributed by atoms with Gasteiger partial charge in [0.05, 0.1) is 23.2 Å². The van der Waals surface area contributed by atoms with E-state index in [2.05, 4.69) is 35.9 Å². The molecule has 0 atom stereocenters. The molecule has 6 N–H and O–H groups in total. The molecule has 2 aromatic rings. The third kappa shape index (κ3) is 6.38. The first-order chi connectivity index (χ1) is 12.7. The van der Waals surface area contributed by atoms with E-state index in [9.17, 15) is 13.2 Å². The monoisotopic (exact) mass is 452 g/mol. The molecule has 0 aliphatic heterocycles. The van der Waals surface area contributed by atoms with Gasteiger partial charge in [-0.15, -0.1) is 0 Å². The Morgan fingerprint density at radius 2 is 2.00 bits per heavy atom. The first-order valence-corrected chi connectivity index (χ1v) is 10.1. The number of rotatable bonds is 6. The highest BCUT2D eigenvalue weighted by Crippen LogP contribution is 2.24. The van der Waals surface area contributed by atoms with Crippen LogP contribution in [0.25, 0.3) is 0 Å². The maximum atomic E-state index is 12.4. The van der Waals surface area contributed by atoms with Crippen LogP contribution in [0.3, 0.4) is 0 Å². The molecule has 0 unspecified atom stereocenters. The molecular formula is C16H17BrN6O3S. The number of nitrogens with two attached hydrogens (primary N) is 2. The highest BCUT2D eigenvalue weighted by Gasteiger charge is 2.10. The van der Waals surface area contributed by atoms with Gasteiger partial charge in [0.1, 0.15) is 0 Å². The molecule has 11 heteroatoms. The fourth-order valence-electron chi connectivity index (χ4n) is 1.96. The van der Waals surface area contributed by atoms with Crippen molar-refractivity contribution in [3.8, 4) is 0 Å². The van der Waals surface area contributed by atoms with E-state index in [0.29, 0.717) is 15.8 Å². The third-order valence-electron chi connectivity index (χ3n) is 3.04. The van der Waals surface area contributed by atoms with Crippen LogP contribution in [0.15, 0.2) is 57.8 Å². The number of nitrogens with one attached hydrogen (secondary N) is 2. The van der Waals surface area contributed by atoms with Crippen LogP contribution in [0.1, 0.15) is 0 Å². The van der Waals surface area contributed by atoms with E-state index in [-0.39, 0.29) is 17.1 Å². The molecular weight excluding hydrogens is 436 g/mol. The summed E-state index contributed by atoms with van der Waals surface area (Å²) in [5, 5.41) is 2.62. The van der Waals surface area contributed by atoms with Gasteiger partial charge in [0.2, 0.25) is 10.0 Å². The molecule has 0 bridgehead atoms. The van der Waals surface area contributed by atoms with E-state index in [1.165, 1.54) is 18.5 Å². The molecule has 0 saturated carbocycles. The number of aliphatic imine (C=N–C) groups is 1. The number of benzene rings is 1. The number of amides is 1. The quantitative estimate of drug-likeness (QED) is 0.388. The van der Waals surface area contributed by atoms with Gasteiger partial charge in [-0.1, -0.05) is 15.9 Å². The molecule has 9 nitrogen and oxygen atoms in total. The summed E-state index contributed by atoms with van der Waals surface area (Å²) in [6.07, 6.45) is 4.88. The second-order valence-corrected chi connectivity index (χ2v) is 8.02. The number of sulfonamides is 1. The number of hydrogen-bond donors (Lipinski definition) is 4. The summed E-state index contributed by atoms with van der Waals surface area (Å²) in [4.78, 5) is 20.4. The van der Waals surface area contributed by atoms with Gasteiger partial charge < -0.3 is 16.8 Å². The molecule has 142 valence electrons. The number of carbonyl (C=O) groups excluding carboxylic acids is 1. The van der Waals surface area contributed by atoms with Crippen LogP contribution in [0.5, 0.6) is 0 Å². The van der Waals surface area contributed by atoms with Crippen LogP contribution < -0.4 is 21.5 Å². The van der Waals surface area contributed by atoms with Crippen molar-refractivity contribution in [3.05, 3.63) is 52.8 Å². The van der Waals surface area contributed by atoms with Crippen LogP contribution in [0, 0.1) is 0 Å². The molecule has 0 aliphatic carbocycles. The Morgan fingerprint density at radius 3 is 2.63 bits per heavy atom. The summed E-state index contributed by atoms with van der Waals surface area (Å²) in [5.74, 6) is -0.286. The first-order valence-electron chi connectivity index (χ1n) is 7.44. The topological polar surface area (TPSA) is 153 Å². The lowest BCUT2D eigenvalue weighted by Crippen LogP contribution is -2.17. The van der Waals surface area contributed by atoms with Crippen LogP contribution >= 0.6 is 15.9 Å². The standard InChI is InChI=1S/C16H17BrN6O3S/c1-27(25,26)23-13-6-11(17)5-12(7-13)22-16(24)10(8-18)9-21-15-14(19)3-2-4-20-15/h2-9,23H,18-19H2,1H3,(H,22,24)/b10-8+,21-9+. The van der Waals surface area contributed by atoms with Crippen molar-refractivity contribution in [3.63, 3.8) is 0 Å². The van der Waals surface area contributed by atoms with Gasteiger partial charge in [-0.2, -0.15) is 0 Å². The fourth-order valence-corrected chi connectivity index (χ4v) is 3.00. The molecule has 0 fully saturated rings. The summed E-state index contributed by atoms with van der Waals surface area (Å²) < 4.78 is 25.7. The largest absolute Gasteiger partial charge is 0.404 e. The molecule has 1 heterocycles. The van der Waals surface area contributed by atoms with Crippen LogP contribution in [-0.4, -0.2) is 31.8 Å². The predicted octanol–water partition coefficient (Wildman–Crippen LogP) is 1.98. The molecule has 0 radical (unpaired) electrons. The second kappa shape index (κ2) is 8.64. The number of halogens is 1. The first kappa shape index (κ1) is 20.4. The van der Waals surface area contributed by atoms with Crippen molar-refractivity contribution in [1.29, 1.82) is 0 Å². The number of carbonyl (C=O) groups is 1. The molecule has 1 aromatic carbocycles. The second-order valence-electron chi connectivity index (χ2n) is 5.35. The van der Waals surface area contributed by atoms with Crippen molar-refractivity contribution in [2.45, 2.75) is 0 Å². The van der Waals surface area contributed by atoms with Gasteiger partial charge in [-0.25, -0.2) is 18.4 Å². The average Bonchev–Trinajstić information content (AvgIpc) is 2.54. The van der Waals surface area contributed by atoms with Gasteiger partial charge in [-0.3, -0.25) is 9.52 Å². The minimum absolute atomic E-state index is 0.0673. The maximum Gasteiger partial charge on any atom is 0.258 e. The van der Waals surface area contributed by atoms with Crippen LogP contribution in [-0.2, 0) is 14.8 Å². The summed E-state index contributed by atoms with van der Waals surface area (Å²) in [5.41, 5.74) is 12.3. The Labute approximate surface area is 164 Å². The van der Waals surface area contributed by atoms with Crippen molar-refractivity contribution in [1.82, 2.24) is 4.98 Å². The van der Waals surface area contributed by atoms with E-state index in [0.717, 1.165) is 12.5 Å². The Hall–Kier alpha value is -2.92. The van der Waals surface area contributed by atoms with E-state index in [1.54, 1.807) is 24.3 Å². The average molecular weight is 453 g/mol. The lowest BCUT2D eigenvalue weighted by Gasteiger charge is -2.10. The lowest BCUT2D eigenvalue weighted by atomic mass is 10.2. The van der Waals surface area contributed by atoms with Crippen molar-refractivity contribution in [2.75, 3.05) is 22.0 Å². The van der Waals surface area contributed by atoms with Crippen molar-refractivity contribution >= 4 is 61.0 Å². The number of hydrogen-bond acceptors (Lipinski definition) is 7. The number of pyridine rings is 1. The van der Waals surface area contributed by atoms with E-state index in [4.69, 9.17) is 11.5 Å². The zero-order valence-corrected chi connectivity index (χ0v) is 16.6. The smallest absolute Gasteiger partial charge is 0.258 e. The lowest BCUT2D eigenvalue weighted by molar-refractivity contribution is -0.112. The molecule has 0 aliphatic rings. The highest BCUT2D eigenvalue weighted by atomic mass is 79.9. The minimum atomic E-state index is -3.46. The SMILES string of the molecule is CS(=O)(=O)Nc1cc(Br)cc(NC(=O)C(/C=N/c2ncccc2N)=C/N)c1. The number of aromatic nitrogens is 1. The van der Waals surface area contributed by atoms with E-state index < -0.39 is 15.9 Å². The molecule has 0 saturated heterocycles. The van der Waals surface area contributed by atoms with Crippen LogP contribution in [0.2, 0.25) is 0 Å². The Morgan fingerprint density at radius 1 is 1.30 bits per heavy atom. The molecule has 0 spiro atoms. The summed E-state index contributed by atoms with van der Waals surface area (Å²) in [7, 11) is -3.46. The Bertz CT molecular complexity index is 1020. The third-order valence-corrected chi connectivity index (χ3v) is 4.11. The molecule has 2 rings (SSSR count).